The third-order valence-electron chi connectivity index (χ3n) is 2.83. The van der Waals surface area contributed by atoms with Crippen LogP contribution in [0.5, 0.6) is 0 Å². The molecule has 1 aliphatic rings. The van der Waals surface area contributed by atoms with Gasteiger partial charge < -0.3 is 4.90 Å². The van der Waals surface area contributed by atoms with Crippen LogP contribution in [0.15, 0.2) is 18.2 Å². The zero-order valence-corrected chi connectivity index (χ0v) is 11.2. The van der Waals surface area contributed by atoms with Gasteiger partial charge in [-0.3, -0.25) is 0 Å². The molecule has 0 N–H and O–H groups in total. The maximum absolute atomic E-state index is 6.06. The summed E-state index contributed by atoms with van der Waals surface area (Å²) in [7, 11) is 0. The van der Waals surface area contributed by atoms with Gasteiger partial charge >= 0.3 is 0 Å². The van der Waals surface area contributed by atoms with Crippen molar-refractivity contribution in [2.45, 2.75) is 31.1 Å². The number of alkyl halides is 1. The van der Waals surface area contributed by atoms with Crippen molar-refractivity contribution in [1.29, 1.82) is 0 Å². The largest absolute Gasteiger partial charge is 0.369 e. The van der Waals surface area contributed by atoms with Crippen molar-refractivity contribution >= 4 is 33.2 Å². The zero-order chi connectivity index (χ0) is 10.8. The van der Waals surface area contributed by atoms with Crippen LogP contribution in [0, 0.1) is 0 Å². The molecule has 0 atom stereocenters. The molecule has 3 heteroatoms. The highest BCUT2D eigenvalue weighted by molar-refractivity contribution is 9.08. The van der Waals surface area contributed by atoms with Gasteiger partial charge in [0.25, 0.3) is 0 Å². The molecule has 1 aromatic carbocycles. The van der Waals surface area contributed by atoms with Crippen LogP contribution in [0.3, 0.4) is 0 Å². The molecule has 0 radical (unpaired) electrons. The van der Waals surface area contributed by atoms with Crippen LogP contribution in [0.1, 0.15) is 25.3 Å². The molecule has 0 amide bonds. The number of anilines is 1. The zero-order valence-electron chi connectivity index (χ0n) is 8.84. The lowest BCUT2D eigenvalue weighted by Crippen LogP contribution is -2.25. The quantitative estimate of drug-likeness (QED) is 0.750. The maximum Gasteiger partial charge on any atom is 0.0426 e. The molecule has 1 saturated carbocycles. The molecular weight excluding hydrogens is 273 g/mol. The number of hydrogen-bond donors (Lipinski definition) is 0. The molecule has 1 aromatic rings. The first-order chi connectivity index (χ1) is 7.26. The number of hydrogen-bond acceptors (Lipinski definition) is 1. The topological polar surface area (TPSA) is 3.24 Å². The Bertz CT molecular complexity index is 349. The van der Waals surface area contributed by atoms with Crippen LogP contribution >= 0.6 is 27.5 Å². The Balaban J connectivity index is 2.34. The van der Waals surface area contributed by atoms with Gasteiger partial charge in [0, 0.05) is 28.6 Å². The fourth-order valence-corrected chi connectivity index (χ4v) is 2.57. The number of benzene rings is 1. The van der Waals surface area contributed by atoms with E-state index < -0.39 is 0 Å². The molecule has 15 heavy (non-hydrogen) atoms. The summed E-state index contributed by atoms with van der Waals surface area (Å²) < 4.78 is 0. The number of halogens is 2. The van der Waals surface area contributed by atoms with E-state index in [1.807, 2.05) is 6.07 Å². The SMILES string of the molecule is CCN(c1cc(Cl)ccc1CBr)C1CC1. The Morgan fingerprint density at radius 2 is 2.20 bits per heavy atom. The molecule has 0 aliphatic heterocycles. The predicted octanol–water partition coefficient (Wildman–Crippen LogP) is 4.22. The van der Waals surface area contributed by atoms with E-state index in [2.05, 4.69) is 39.9 Å². The van der Waals surface area contributed by atoms with Crippen LogP contribution in [0.4, 0.5) is 5.69 Å². The highest BCUT2D eigenvalue weighted by Gasteiger charge is 2.29. The first kappa shape index (κ1) is 11.3. The summed E-state index contributed by atoms with van der Waals surface area (Å²) in [5.74, 6) is 0. The Labute approximate surface area is 105 Å². The average Bonchev–Trinajstić information content (AvgIpc) is 3.04. The van der Waals surface area contributed by atoms with E-state index in [-0.39, 0.29) is 0 Å². The second kappa shape index (κ2) is 4.75. The van der Waals surface area contributed by atoms with E-state index >= 15 is 0 Å². The molecule has 0 aromatic heterocycles. The maximum atomic E-state index is 6.06. The van der Waals surface area contributed by atoms with Crippen molar-refractivity contribution in [2.75, 3.05) is 11.4 Å². The van der Waals surface area contributed by atoms with E-state index in [0.29, 0.717) is 0 Å². The van der Waals surface area contributed by atoms with Crippen molar-refractivity contribution in [3.63, 3.8) is 0 Å². The highest BCUT2D eigenvalue weighted by Crippen LogP contribution is 2.35. The Morgan fingerprint density at radius 1 is 1.47 bits per heavy atom. The fourth-order valence-electron chi connectivity index (χ4n) is 1.93. The molecule has 1 aliphatic carbocycles. The second-order valence-corrected chi connectivity index (χ2v) is 4.92. The summed E-state index contributed by atoms with van der Waals surface area (Å²) in [6.07, 6.45) is 2.64. The van der Waals surface area contributed by atoms with Gasteiger partial charge in [-0.1, -0.05) is 33.6 Å². The van der Waals surface area contributed by atoms with Gasteiger partial charge in [-0.25, -0.2) is 0 Å². The van der Waals surface area contributed by atoms with E-state index in [9.17, 15) is 0 Å². The smallest absolute Gasteiger partial charge is 0.0426 e. The molecule has 0 heterocycles. The van der Waals surface area contributed by atoms with Crippen LogP contribution in [0.25, 0.3) is 0 Å². The Hall–Kier alpha value is -0.210. The van der Waals surface area contributed by atoms with Crippen LogP contribution < -0.4 is 4.90 Å². The minimum Gasteiger partial charge on any atom is -0.369 e. The second-order valence-electron chi connectivity index (χ2n) is 3.92. The van der Waals surface area contributed by atoms with Crippen molar-refractivity contribution in [2.24, 2.45) is 0 Å². The Kier molecular flexibility index (Phi) is 3.57. The van der Waals surface area contributed by atoms with Gasteiger partial charge in [0.2, 0.25) is 0 Å². The minimum absolute atomic E-state index is 0.742. The van der Waals surface area contributed by atoms with E-state index in [0.717, 1.165) is 22.9 Å². The summed E-state index contributed by atoms with van der Waals surface area (Å²) >= 11 is 9.59. The molecule has 0 saturated heterocycles. The third kappa shape index (κ3) is 2.48. The monoisotopic (exact) mass is 287 g/mol. The number of nitrogens with zero attached hydrogens (tertiary/aromatic N) is 1. The van der Waals surface area contributed by atoms with Crippen molar-refractivity contribution in [1.82, 2.24) is 0 Å². The first-order valence-electron chi connectivity index (χ1n) is 5.37. The molecule has 0 spiro atoms. The summed E-state index contributed by atoms with van der Waals surface area (Å²) in [5.41, 5.74) is 2.62. The van der Waals surface area contributed by atoms with Gasteiger partial charge in [-0.2, -0.15) is 0 Å². The van der Waals surface area contributed by atoms with E-state index in [1.54, 1.807) is 0 Å². The molecule has 1 fully saturated rings. The lowest BCUT2D eigenvalue weighted by molar-refractivity contribution is 0.822. The molecule has 2 rings (SSSR count). The lowest BCUT2D eigenvalue weighted by atomic mass is 10.2. The van der Waals surface area contributed by atoms with Gasteiger partial charge in [-0.15, -0.1) is 0 Å². The predicted molar refractivity (Wildman–Crippen MR) is 70.1 cm³/mol. The average molecular weight is 289 g/mol. The summed E-state index contributed by atoms with van der Waals surface area (Å²) in [4.78, 5) is 2.46. The molecular formula is C12H15BrClN. The van der Waals surface area contributed by atoms with E-state index in [4.69, 9.17) is 11.6 Å². The highest BCUT2D eigenvalue weighted by atomic mass is 79.9. The van der Waals surface area contributed by atoms with Crippen molar-refractivity contribution < 1.29 is 0 Å². The third-order valence-corrected chi connectivity index (χ3v) is 3.67. The van der Waals surface area contributed by atoms with Crippen molar-refractivity contribution in [3.05, 3.63) is 28.8 Å². The molecule has 0 bridgehead atoms. The summed E-state index contributed by atoms with van der Waals surface area (Å²) in [6.45, 7) is 3.27. The van der Waals surface area contributed by atoms with Crippen LogP contribution in [-0.4, -0.2) is 12.6 Å². The van der Waals surface area contributed by atoms with Gasteiger partial charge in [-0.05, 0) is 37.5 Å². The lowest BCUT2D eigenvalue weighted by Gasteiger charge is -2.25. The van der Waals surface area contributed by atoms with Gasteiger partial charge in [0.05, 0.1) is 0 Å². The van der Waals surface area contributed by atoms with Gasteiger partial charge in [0.15, 0.2) is 0 Å². The van der Waals surface area contributed by atoms with E-state index in [1.165, 1.54) is 24.1 Å². The first-order valence-corrected chi connectivity index (χ1v) is 6.87. The molecule has 0 unspecified atom stereocenters. The standard InChI is InChI=1S/C12H15BrClN/c1-2-15(11-5-6-11)12-7-10(14)4-3-9(12)8-13/h3-4,7,11H,2,5-6,8H2,1H3. The van der Waals surface area contributed by atoms with Crippen molar-refractivity contribution in [3.8, 4) is 0 Å². The van der Waals surface area contributed by atoms with Gasteiger partial charge in [0.1, 0.15) is 0 Å². The Morgan fingerprint density at radius 3 is 2.73 bits per heavy atom. The summed E-state index contributed by atoms with van der Waals surface area (Å²) in [5, 5.41) is 1.72. The minimum atomic E-state index is 0.742. The molecule has 1 nitrogen and oxygen atoms in total. The van der Waals surface area contributed by atoms with Crippen LogP contribution in [-0.2, 0) is 5.33 Å². The molecule has 82 valence electrons. The van der Waals surface area contributed by atoms with Crippen LogP contribution in [0.2, 0.25) is 5.02 Å². The number of rotatable bonds is 4. The summed E-state index contributed by atoms with van der Waals surface area (Å²) in [6, 6.07) is 6.89. The normalized spacial score (nSPS) is 15.4. The fraction of sp³-hybridized carbons (Fsp3) is 0.500.